The van der Waals surface area contributed by atoms with Crippen LogP contribution in [0.4, 0.5) is 4.39 Å². The van der Waals surface area contributed by atoms with Crippen LogP contribution < -0.4 is 4.74 Å². The fourth-order valence-electron chi connectivity index (χ4n) is 1.51. The molecular formula is C12H14FN3O. The third kappa shape index (κ3) is 2.13. The van der Waals surface area contributed by atoms with E-state index >= 15 is 0 Å². The van der Waals surface area contributed by atoms with Crippen molar-refractivity contribution >= 4 is 0 Å². The minimum atomic E-state index is -0.403. The summed E-state index contributed by atoms with van der Waals surface area (Å²) in [6.45, 7) is 3.98. The van der Waals surface area contributed by atoms with Gasteiger partial charge >= 0.3 is 0 Å². The number of rotatable bonds is 3. The van der Waals surface area contributed by atoms with Crippen LogP contribution in [0.5, 0.6) is 5.75 Å². The Hall–Kier alpha value is -1.91. The van der Waals surface area contributed by atoms with Crippen LogP contribution in [0.25, 0.3) is 11.4 Å². The number of aromatic nitrogens is 3. The van der Waals surface area contributed by atoms with Crippen LogP contribution in [0.3, 0.4) is 0 Å². The van der Waals surface area contributed by atoms with E-state index in [1.807, 2.05) is 13.8 Å². The molecule has 0 saturated carbocycles. The van der Waals surface area contributed by atoms with Crippen molar-refractivity contribution in [2.24, 2.45) is 0 Å². The summed E-state index contributed by atoms with van der Waals surface area (Å²) in [5.74, 6) is 0.121. The van der Waals surface area contributed by atoms with Crippen molar-refractivity contribution in [3.8, 4) is 17.1 Å². The number of ether oxygens (including phenoxy) is 1. The maximum Gasteiger partial charge on any atom is 0.166 e. The van der Waals surface area contributed by atoms with Gasteiger partial charge in [-0.3, -0.25) is 9.67 Å². The van der Waals surface area contributed by atoms with Crippen LogP contribution in [-0.4, -0.2) is 21.9 Å². The first-order valence-electron chi connectivity index (χ1n) is 5.37. The predicted molar refractivity (Wildman–Crippen MR) is 62.4 cm³/mol. The van der Waals surface area contributed by atoms with Crippen molar-refractivity contribution in [2.75, 3.05) is 7.11 Å². The zero-order valence-electron chi connectivity index (χ0n) is 10.0. The molecule has 0 unspecified atom stereocenters. The minimum Gasteiger partial charge on any atom is -0.493 e. The summed E-state index contributed by atoms with van der Waals surface area (Å²) in [6.07, 6.45) is 3.28. The van der Waals surface area contributed by atoms with Gasteiger partial charge in [0, 0.05) is 12.2 Å². The summed E-state index contributed by atoms with van der Waals surface area (Å²) in [5, 5.41) is 4.30. The summed E-state index contributed by atoms with van der Waals surface area (Å²) >= 11 is 0. The monoisotopic (exact) mass is 235 g/mol. The van der Waals surface area contributed by atoms with E-state index in [9.17, 15) is 4.39 Å². The second-order valence-electron chi connectivity index (χ2n) is 3.95. The van der Waals surface area contributed by atoms with Gasteiger partial charge in [0.05, 0.1) is 13.3 Å². The number of nitrogens with zero attached hydrogens (tertiary/aromatic N) is 3. The zero-order valence-corrected chi connectivity index (χ0v) is 10.0. The minimum absolute atomic E-state index is 0.185. The van der Waals surface area contributed by atoms with Gasteiger partial charge in [-0.05, 0) is 26.0 Å². The van der Waals surface area contributed by atoms with Crippen LogP contribution in [0.15, 0.2) is 24.5 Å². The Kier molecular flexibility index (Phi) is 3.08. The van der Waals surface area contributed by atoms with E-state index in [-0.39, 0.29) is 11.7 Å². The van der Waals surface area contributed by atoms with Crippen LogP contribution >= 0.6 is 0 Å². The lowest BCUT2D eigenvalue weighted by molar-refractivity contribution is 0.413. The molecule has 5 heteroatoms. The Morgan fingerprint density at radius 3 is 2.71 bits per heavy atom. The van der Waals surface area contributed by atoms with Gasteiger partial charge in [0.15, 0.2) is 17.3 Å². The molecule has 0 fully saturated rings. The van der Waals surface area contributed by atoms with E-state index in [1.165, 1.54) is 19.4 Å². The van der Waals surface area contributed by atoms with Gasteiger partial charge in [0.25, 0.3) is 0 Å². The summed E-state index contributed by atoms with van der Waals surface area (Å²) in [5.41, 5.74) is 0.642. The maximum absolute atomic E-state index is 13.6. The molecule has 0 radical (unpaired) electrons. The molecular weight excluding hydrogens is 221 g/mol. The standard InChI is InChI=1S/C12H14FN3O/c1-8(2)16-7-10(17-3)12(15-16)11-9(13)5-4-6-14-11/h4-8H,1-3H3. The van der Waals surface area contributed by atoms with Crippen molar-refractivity contribution in [1.82, 2.24) is 14.8 Å². The van der Waals surface area contributed by atoms with Gasteiger partial charge in [-0.2, -0.15) is 5.10 Å². The first-order valence-corrected chi connectivity index (χ1v) is 5.37. The average Bonchev–Trinajstić information content (AvgIpc) is 2.73. The van der Waals surface area contributed by atoms with Crippen molar-refractivity contribution in [3.63, 3.8) is 0 Å². The third-order valence-corrected chi connectivity index (χ3v) is 2.43. The Morgan fingerprint density at radius 1 is 1.35 bits per heavy atom. The average molecular weight is 235 g/mol. The van der Waals surface area contributed by atoms with Crippen molar-refractivity contribution in [3.05, 3.63) is 30.3 Å². The fourth-order valence-corrected chi connectivity index (χ4v) is 1.51. The van der Waals surface area contributed by atoms with Crippen LogP contribution in [0, 0.1) is 5.82 Å². The third-order valence-electron chi connectivity index (χ3n) is 2.43. The first kappa shape index (κ1) is 11.6. The Bertz CT molecular complexity index is 522. The Labute approximate surface area is 99.1 Å². The first-order chi connectivity index (χ1) is 8.13. The highest BCUT2D eigenvalue weighted by Crippen LogP contribution is 2.29. The smallest absolute Gasteiger partial charge is 0.166 e. The van der Waals surface area contributed by atoms with Gasteiger partial charge in [-0.15, -0.1) is 0 Å². The van der Waals surface area contributed by atoms with E-state index in [0.29, 0.717) is 11.4 Å². The van der Waals surface area contributed by atoms with E-state index in [1.54, 1.807) is 16.9 Å². The number of hydrogen-bond acceptors (Lipinski definition) is 3. The highest BCUT2D eigenvalue weighted by molar-refractivity contribution is 5.62. The number of halogens is 1. The lowest BCUT2D eigenvalue weighted by Gasteiger charge is -2.03. The lowest BCUT2D eigenvalue weighted by atomic mass is 10.2. The molecule has 2 rings (SSSR count). The van der Waals surface area contributed by atoms with E-state index in [2.05, 4.69) is 10.1 Å². The molecule has 0 atom stereocenters. The SMILES string of the molecule is COc1cn(C(C)C)nc1-c1ncccc1F. The highest BCUT2D eigenvalue weighted by atomic mass is 19.1. The maximum atomic E-state index is 13.6. The Morgan fingerprint density at radius 2 is 2.12 bits per heavy atom. The molecule has 0 amide bonds. The van der Waals surface area contributed by atoms with Crippen LogP contribution in [-0.2, 0) is 0 Å². The summed E-state index contributed by atoms with van der Waals surface area (Å²) in [7, 11) is 1.53. The molecule has 17 heavy (non-hydrogen) atoms. The van der Waals surface area contributed by atoms with Crippen LogP contribution in [0.2, 0.25) is 0 Å². The number of methoxy groups -OCH3 is 1. The summed E-state index contributed by atoms with van der Waals surface area (Å²) < 4.78 is 20.6. The largest absolute Gasteiger partial charge is 0.493 e. The highest BCUT2D eigenvalue weighted by Gasteiger charge is 2.17. The fraction of sp³-hybridized carbons (Fsp3) is 0.333. The second-order valence-corrected chi connectivity index (χ2v) is 3.95. The molecule has 90 valence electrons. The molecule has 2 heterocycles. The number of pyridine rings is 1. The molecule has 2 aromatic heterocycles. The van der Waals surface area contributed by atoms with Crippen LogP contribution in [0.1, 0.15) is 19.9 Å². The van der Waals surface area contributed by atoms with Crippen molar-refractivity contribution < 1.29 is 9.13 Å². The van der Waals surface area contributed by atoms with E-state index in [0.717, 1.165) is 0 Å². The summed E-state index contributed by atoms with van der Waals surface area (Å²) in [6, 6.07) is 3.09. The van der Waals surface area contributed by atoms with Gasteiger partial charge < -0.3 is 4.74 Å². The molecule has 0 aromatic carbocycles. The lowest BCUT2D eigenvalue weighted by Crippen LogP contribution is -2.01. The molecule has 0 aliphatic rings. The van der Waals surface area contributed by atoms with E-state index in [4.69, 9.17) is 4.74 Å². The number of hydrogen-bond donors (Lipinski definition) is 0. The molecule has 4 nitrogen and oxygen atoms in total. The summed E-state index contributed by atoms with van der Waals surface area (Å²) in [4.78, 5) is 4.00. The Balaban J connectivity index is 2.55. The molecule has 0 saturated heterocycles. The predicted octanol–water partition coefficient (Wildman–Crippen LogP) is 2.67. The molecule has 0 bridgehead atoms. The molecule has 2 aromatic rings. The molecule has 0 aliphatic heterocycles. The van der Waals surface area contributed by atoms with Gasteiger partial charge in [-0.1, -0.05) is 0 Å². The van der Waals surface area contributed by atoms with Crippen molar-refractivity contribution in [2.45, 2.75) is 19.9 Å². The quantitative estimate of drug-likeness (QED) is 0.821. The normalized spacial score (nSPS) is 10.9. The van der Waals surface area contributed by atoms with Crippen molar-refractivity contribution in [1.29, 1.82) is 0 Å². The van der Waals surface area contributed by atoms with Gasteiger partial charge in [0.1, 0.15) is 5.69 Å². The molecule has 0 aliphatic carbocycles. The van der Waals surface area contributed by atoms with Gasteiger partial charge in [-0.25, -0.2) is 4.39 Å². The molecule has 0 N–H and O–H groups in total. The second kappa shape index (κ2) is 4.53. The zero-order chi connectivity index (χ0) is 12.4. The topological polar surface area (TPSA) is 39.9 Å². The van der Waals surface area contributed by atoms with E-state index < -0.39 is 5.82 Å². The van der Waals surface area contributed by atoms with Gasteiger partial charge in [0.2, 0.25) is 0 Å². The molecule has 0 spiro atoms.